The predicted molar refractivity (Wildman–Crippen MR) is 65.7 cm³/mol. The average Bonchev–Trinajstić information content (AvgIpc) is 2.18. The zero-order chi connectivity index (χ0) is 10.4. The molecule has 2 atom stereocenters. The lowest BCUT2D eigenvalue weighted by atomic mass is 9.95. The summed E-state index contributed by atoms with van der Waals surface area (Å²) in [6.45, 7) is 9.53. The van der Waals surface area contributed by atoms with Gasteiger partial charge in [-0.15, -0.1) is 6.58 Å². The van der Waals surface area contributed by atoms with Crippen molar-refractivity contribution in [2.45, 2.75) is 19.4 Å². The molecule has 1 heterocycles. The molecule has 0 radical (unpaired) electrons. The standard InChI is InChI=1S/C11H22N2S/c1-3-7-14-8-6-13-5-4-11(12)10(2)9-13/h3,10-11H,1,4-9,12H2,2H3. The lowest BCUT2D eigenvalue weighted by Gasteiger charge is -2.34. The Morgan fingerprint density at radius 3 is 3.07 bits per heavy atom. The van der Waals surface area contributed by atoms with E-state index < -0.39 is 0 Å². The van der Waals surface area contributed by atoms with Crippen molar-refractivity contribution in [2.24, 2.45) is 11.7 Å². The molecule has 1 saturated heterocycles. The molecular formula is C11H22N2S. The van der Waals surface area contributed by atoms with Crippen LogP contribution in [-0.4, -0.2) is 42.1 Å². The highest BCUT2D eigenvalue weighted by Gasteiger charge is 2.22. The Kier molecular flexibility index (Phi) is 5.60. The topological polar surface area (TPSA) is 29.3 Å². The second-order valence-electron chi connectivity index (χ2n) is 4.09. The molecule has 1 rings (SSSR count). The first kappa shape index (κ1) is 12.1. The average molecular weight is 214 g/mol. The lowest BCUT2D eigenvalue weighted by molar-refractivity contribution is 0.173. The van der Waals surface area contributed by atoms with E-state index in [2.05, 4.69) is 18.4 Å². The van der Waals surface area contributed by atoms with Gasteiger partial charge in [0.25, 0.3) is 0 Å². The first-order valence-corrected chi connectivity index (χ1v) is 6.56. The molecular weight excluding hydrogens is 192 g/mol. The largest absolute Gasteiger partial charge is 0.327 e. The Morgan fingerprint density at radius 2 is 2.43 bits per heavy atom. The van der Waals surface area contributed by atoms with E-state index in [0.29, 0.717) is 12.0 Å². The van der Waals surface area contributed by atoms with Crippen LogP contribution in [-0.2, 0) is 0 Å². The summed E-state index contributed by atoms with van der Waals surface area (Å²) in [6.07, 6.45) is 3.13. The number of likely N-dealkylation sites (tertiary alicyclic amines) is 1. The summed E-state index contributed by atoms with van der Waals surface area (Å²) in [5, 5.41) is 0. The molecule has 14 heavy (non-hydrogen) atoms. The van der Waals surface area contributed by atoms with Gasteiger partial charge in [0.15, 0.2) is 0 Å². The van der Waals surface area contributed by atoms with Crippen LogP contribution in [0, 0.1) is 5.92 Å². The van der Waals surface area contributed by atoms with Crippen molar-refractivity contribution in [3.05, 3.63) is 12.7 Å². The van der Waals surface area contributed by atoms with E-state index in [0.717, 1.165) is 12.2 Å². The highest BCUT2D eigenvalue weighted by molar-refractivity contribution is 7.99. The van der Waals surface area contributed by atoms with E-state index in [1.807, 2.05) is 17.8 Å². The van der Waals surface area contributed by atoms with E-state index in [4.69, 9.17) is 5.73 Å². The van der Waals surface area contributed by atoms with E-state index in [1.165, 1.54) is 25.4 Å². The van der Waals surface area contributed by atoms with Gasteiger partial charge in [0.05, 0.1) is 0 Å². The van der Waals surface area contributed by atoms with Crippen molar-refractivity contribution in [3.63, 3.8) is 0 Å². The molecule has 2 unspecified atom stereocenters. The van der Waals surface area contributed by atoms with Gasteiger partial charge in [0.2, 0.25) is 0 Å². The number of hydrogen-bond donors (Lipinski definition) is 1. The van der Waals surface area contributed by atoms with Crippen LogP contribution < -0.4 is 5.73 Å². The van der Waals surface area contributed by atoms with Crippen molar-refractivity contribution in [1.82, 2.24) is 4.90 Å². The molecule has 3 heteroatoms. The predicted octanol–water partition coefficient (Wildman–Crippen LogP) is 1.57. The zero-order valence-electron chi connectivity index (χ0n) is 9.11. The summed E-state index contributed by atoms with van der Waals surface area (Å²) < 4.78 is 0. The Morgan fingerprint density at radius 1 is 1.64 bits per heavy atom. The molecule has 0 aliphatic carbocycles. The molecule has 0 bridgehead atoms. The van der Waals surface area contributed by atoms with Gasteiger partial charge < -0.3 is 10.6 Å². The maximum absolute atomic E-state index is 5.97. The van der Waals surface area contributed by atoms with Crippen molar-refractivity contribution < 1.29 is 0 Å². The minimum absolute atomic E-state index is 0.423. The molecule has 1 aliphatic heterocycles. The Hall–Kier alpha value is 0.01000. The third kappa shape index (κ3) is 4.03. The quantitative estimate of drug-likeness (QED) is 0.556. The highest BCUT2D eigenvalue weighted by Crippen LogP contribution is 2.15. The van der Waals surface area contributed by atoms with Crippen molar-refractivity contribution >= 4 is 11.8 Å². The van der Waals surface area contributed by atoms with E-state index in [-0.39, 0.29) is 0 Å². The summed E-state index contributed by atoms with van der Waals surface area (Å²) in [7, 11) is 0. The Bertz CT molecular complexity index is 173. The summed E-state index contributed by atoms with van der Waals surface area (Å²) in [6, 6.07) is 0.423. The number of hydrogen-bond acceptors (Lipinski definition) is 3. The number of nitrogens with two attached hydrogens (primary N) is 1. The fourth-order valence-corrected chi connectivity index (χ4v) is 2.53. The van der Waals surface area contributed by atoms with Crippen LogP contribution in [0.2, 0.25) is 0 Å². The lowest BCUT2D eigenvalue weighted by Crippen LogP contribution is -2.46. The van der Waals surface area contributed by atoms with Crippen LogP contribution in [0.3, 0.4) is 0 Å². The molecule has 0 spiro atoms. The minimum atomic E-state index is 0.423. The molecule has 0 aromatic carbocycles. The number of piperidine rings is 1. The molecule has 0 aromatic rings. The van der Waals surface area contributed by atoms with Gasteiger partial charge in [0.1, 0.15) is 0 Å². The second-order valence-corrected chi connectivity index (χ2v) is 5.24. The molecule has 82 valence electrons. The van der Waals surface area contributed by atoms with Gasteiger partial charge in [-0.2, -0.15) is 11.8 Å². The summed E-state index contributed by atoms with van der Waals surface area (Å²) in [4.78, 5) is 2.53. The van der Waals surface area contributed by atoms with Gasteiger partial charge in [-0.3, -0.25) is 0 Å². The summed E-state index contributed by atoms with van der Waals surface area (Å²) in [5.41, 5.74) is 5.97. The maximum Gasteiger partial charge on any atom is 0.0111 e. The smallest absolute Gasteiger partial charge is 0.0111 e. The van der Waals surface area contributed by atoms with E-state index >= 15 is 0 Å². The molecule has 2 N–H and O–H groups in total. The van der Waals surface area contributed by atoms with Gasteiger partial charge in [-0.1, -0.05) is 13.0 Å². The van der Waals surface area contributed by atoms with Crippen LogP contribution in [0.4, 0.5) is 0 Å². The molecule has 1 fully saturated rings. The molecule has 0 amide bonds. The molecule has 1 aliphatic rings. The van der Waals surface area contributed by atoms with Crippen LogP contribution in [0.15, 0.2) is 12.7 Å². The van der Waals surface area contributed by atoms with Crippen LogP contribution >= 0.6 is 11.8 Å². The monoisotopic (exact) mass is 214 g/mol. The van der Waals surface area contributed by atoms with Crippen molar-refractivity contribution in [3.8, 4) is 0 Å². The first-order valence-electron chi connectivity index (χ1n) is 5.40. The minimum Gasteiger partial charge on any atom is -0.327 e. The van der Waals surface area contributed by atoms with Crippen molar-refractivity contribution in [1.29, 1.82) is 0 Å². The maximum atomic E-state index is 5.97. The fraction of sp³-hybridized carbons (Fsp3) is 0.818. The fourth-order valence-electron chi connectivity index (χ4n) is 1.81. The summed E-state index contributed by atoms with van der Waals surface area (Å²) >= 11 is 1.96. The third-order valence-corrected chi connectivity index (χ3v) is 3.79. The number of thioether (sulfide) groups is 1. The van der Waals surface area contributed by atoms with Crippen LogP contribution in [0.5, 0.6) is 0 Å². The molecule has 0 aromatic heterocycles. The third-order valence-electron chi connectivity index (χ3n) is 2.84. The van der Waals surface area contributed by atoms with Crippen molar-refractivity contribution in [2.75, 3.05) is 31.1 Å². The SMILES string of the molecule is C=CCSCCN1CCC(N)C(C)C1. The van der Waals surface area contributed by atoms with Crippen LogP contribution in [0.25, 0.3) is 0 Å². The van der Waals surface area contributed by atoms with Gasteiger partial charge >= 0.3 is 0 Å². The number of nitrogens with zero attached hydrogens (tertiary/aromatic N) is 1. The second kappa shape index (κ2) is 6.49. The van der Waals surface area contributed by atoms with E-state index in [1.54, 1.807) is 0 Å². The summed E-state index contributed by atoms with van der Waals surface area (Å²) in [5.74, 6) is 2.95. The first-order chi connectivity index (χ1) is 6.74. The van der Waals surface area contributed by atoms with Gasteiger partial charge in [-0.25, -0.2) is 0 Å². The van der Waals surface area contributed by atoms with Crippen LogP contribution in [0.1, 0.15) is 13.3 Å². The number of rotatable bonds is 5. The van der Waals surface area contributed by atoms with E-state index in [9.17, 15) is 0 Å². The zero-order valence-corrected chi connectivity index (χ0v) is 9.93. The Balaban J connectivity index is 2.10. The van der Waals surface area contributed by atoms with Gasteiger partial charge in [-0.05, 0) is 18.9 Å². The van der Waals surface area contributed by atoms with Gasteiger partial charge in [0, 0.05) is 30.6 Å². The molecule has 0 saturated carbocycles. The normalized spacial score (nSPS) is 29.0. The highest BCUT2D eigenvalue weighted by atomic mass is 32.2. The Labute approximate surface area is 91.9 Å². The molecule has 2 nitrogen and oxygen atoms in total.